The molecule has 0 saturated carbocycles. The van der Waals surface area contributed by atoms with Gasteiger partial charge in [-0.15, -0.1) is 0 Å². The van der Waals surface area contributed by atoms with E-state index in [1.165, 1.54) is 0 Å². The van der Waals surface area contributed by atoms with Crippen LogP contribution in [0, 0.1) is 3.57 Å². The van der Waals surface area contributed by atoms with E-state index in [1.807, 2.05) is 12.1 Å². The molecule has 0 unspecified atom stereocenters. The molecular formula is C14H11IN2O2. The molecule has 0 bridgehead atoms. The lowest BCUT2D eigenvalue weighted by molar-refractivity contribution is 0.100. The lowest BCUT2D eigenvalue weighted by atomic mass is 10.1. The molecule has 0 fully saturated rings. The maximum Gasteiger partial charge on any atom is 0.255 e. The van der Waals surface area contributed by atoms with E-state index in [9.17, 15) is 9.59 Å². The number of hydrogen-bond donors (Lipinski definition) is 2. The van der Waals surface area contributed by atoms with Crippen LogP contribution >= 0.6 is 22.6 Å². The van der Waals surface area contributed by atoms with Gasteiger partial charge in [-0.25, -0.2) is 0 Å². The Morgan fingerprint density at radius 1 is 1.00 bits per heavy atom. The molecule has 0 aromatic heterocycles. The monoisotopic (exact) mass is 366 g/mol. The zero-order valence-corrected chi connectivity index (χ0v) is 12.0. The Morgan fingerprint density at radius 2 is 1.63 bits per heavy atom. The third kappa shape index (κ3) is 3.31. The molecule has 2 aromatic rings. The summed E-state index contributed by atoms with van der Waals surface area (Å²) in [5.41, 5.74) is 6.49. The van der Waals surface area contributed by atoms with Crippen molar-refractivity contribution in [3.63, 3.8) is 0 Å². The Kier molecular flexibility index (Phi) is 4.16. The molecular weight excluding hydrogens is 355 g/mol. The van der Waals surface area contributed by atoms with Crippen LogP contribution in [0.3, 0.4) is 0 Å². The highest BCUT2D eigenvalue weighted by atomic mass is 127. The number of carbonyl (C=O) groups excluding carboxylic acids is 2. The molecule has 0 saturated heterocycles. The molecule has 0 aliphatic heterocycles. The fraction of sp³-hybridized carbons (Fsp3) is 0. The normalized spacial score (nSPS) is 9.95. The van der Waals surface area contributed by atoms with E-state index in [0.717, 1.165) is 3.57 Å². The van der Waals surface area contributed by atoms with Crippen molar-refractivity contribution in [2.75, 3.05) is 5.32 Å². The third-order valence-corrected chi connectivity index (χ3v) is 3.27. The first-order valence-electron chi connectivity index (χ1n) is 5.53. The van der Waals surface area contributed by atoms with Crippen molar-refractivity contribution in [3.8, 4) is 0 Å². The van der Waals surface area contributed by atoms with Crippen LogP contribution in [-0.2, 0) is 0 Å². The quantitative estimate of drug-likeness (QED) is 0.820. The molecule has 0 heterocycles. The molecule has 0 radical (unpaired) electrons. The summed E-state index contributed by atoms with van der Waals surface area (Å²) in [6, 6.07) is 13.8. The molecule has 19 heavy (non-hydrogen) atoms. The molecule has 96 valence electrons. The number of halogens is 1. The van der Waals surface area contributed by atoms with Gasteiger partial charge < -0.3 is 11.1 Å². The molecule has 0 aliphatic carbocycles. The summed E-state index contributed by atoms with van der Waals surface area (Å²) in [6.45, 7) is 0. The van der Waals surface area contributed by atoms with Gasteiger partial charge in [0.05, 0.1) is 11.3 Å². The maximum absolute atomic E-state index is 12.0. The van der Waals surface area contributed by atoms with Gasteiger partial charge in [-0.3, -0.25) is 9.59 Å². The Morgan fingerprint density at radius 3 is 2.26 bits per heavy atom. The number of hydrogen-bond acceptors (Lipinski definition) is 2. The fourth-order valence-corrected chi connectivity index (χ4v) is 1.96. The SMILES string of the molecule is NC(=O)c1ccccc1NC(=O)c1ccc(I)cc1. The minimum Gasteiger partial charge on any atom is -0.366 e. The van der Waals surface area contributed by atoms with Crippen molar-refractivity contribution in [1.29, 1.82) is 0 Å². The number of nitrogens with one attached hydrogen (secondary N) is 1. The molecule has 3 N–H and O–H groups in total. The molecule has 2 amide bonds. The molecule has 5 heteroatoms. The number of anilines is 1. The van der Waals surface area contributed by atoms with Crippen LogP contribution in [0.15, 0.2) is 48.5 Å². The van der Waals surface area contributed by atoms with Crippen LogP contribution in [0.25, 0.3) is 0 Å². The van der Waals surface area contributed by atoms with Crippen molar-refractivity contribution in [2.24, 2.45) is 5.73 Å². The Hall–Kier alpha value is -1.89. The molecule has 0 aliphatic rings. The summed E-state index contributed by atoms with van der Waals surface area (Å²) in [4.78, 5) is 23.3. The second-order valence-electron chi connectivity index (χ2n) is 3.87. The first-order chi connectivity index (χ1) is 9.08. The van der Waals surface area contributed by atoms with Crippen molar-refractivity contribution < 1.29 is 9.59 Å². The first-order valence-corrected chi connectivity index (χ1v) is 6.61. The van der Waals surface area contributed by atoms with Gasteiger partial charge in [0.15, 0.2) is 0 Å². The van der Waals surface area contributed by atoms with Crippen molar-refractivity contribution in [2.45, 2.75) is 0 Å². The van der Waals surface area contributed by atoms with Crippen molar-refractivity contribution >= 4 is 40.1 Å². The van der Waals surface area contributed by atoms with Gasteiger partial charge in [-0.05, 0) is 59.0 Å². The topological polar surface area (TPSA) is 72.2 Å². The van der Waals surface area contributed by atoms with Gasteiger partial charge in [0.25, 0.3) is 11.8 Å². The van der Waals surface area contributed by atoms with Crippen LogP contribution in [0.1, 0.15) is 20.7 Å². The Balaban J connectivity index is 2.24. The average Bonchev–Trinajstić information content (AvgIpc) is 2.39. The number of primary amides is 1. The number of rotatable bonds is 3. The summed E-state index contributed by atoms with van der Waals surface area (Å²) < 4.78 is 1.05. The van der Waals surface area contributed by atoms with E-state index in [0.29, 0.717) is 16.8 Å². The standard InChI is InChI=1S/C14H11IN2O2/c15-10-7-5-9(6-8-10)14(19)17-12-4-2-1-3-11(12)13(16)18/h1-8H,(H2,16,18)(H,17,19). The first kappa shape index (κ1) is 13.5. The Bertz CT molecular complexity index is 624. The van der Waals surface area contributed by atoms with Crippen LogP contribution in [0.2, 0.25) is 0 Å². The summed E-state index contributed by atoms with van der Waals surface area (Å²) >= 11 is 2.16. The largest absolute Gasteiger partial charge is 0.366 e. The van der Waals surface area contributed by atoms with Gasteiger partial charge >= 0.3 is 0 Å². The van der Waals surface area contributed by atoms with Crippen molar-refractivity contribution in [1.82, 2.24) is 0 Å². The lowest BCUT2D eigenvalue weighted by Crippen LogP contribution is -2.18. The van der Waals surface area contributed by atoms with E-state index in [2.05, 4.69) is 27.9 Å². The smallest absolute Gasteiger partial charge is 0.255 e. The predicted molar refractivity (Wildman–Crippen MR) is 82.1 cm³/mol. The predicted octanol–water partition coefficient (Wildman–Crippen LogP) is 2.64. The van der Waals surface area contributed by atoms with Crippen LogP contribution in [0.5, 0.6) is 0 Å². The fourth-order valence-electron chi connectivity index (χ4n) is 1.60. The second kappa shape index (κ2) is 5.83. The number of amides is 2. The van der Waals surface area contributed by atoms with Crippen LogP contribution < -0.4 is 11.1 Å². The minimum atomic E-state index is -0.571. The van der Waals surface area contributed by atoms with Gasteiger partial charge in [0, 0.05) is 9.13 Å². The van der Waals surface area contributed by atoms with Crippen LogP contribution in [0.4, 0.5) is 5.69 Å². The van der Waals surface area contributed by atoms with Gasteiger partial charge in [0.1, 0.15) is 0 Å². The van der Waals surface area contributed by atoms with E-state index < -0.39 is 5.91 Å². The average molecular weight is 366 g/mol. The number of carbonyl (C=O) groups is 2. The number of para-hydroxylation sites is 1. The zero-order chi connectivity index (χ0) is 13.8. The highest BCUT2D eigenvalue weighted by Gasteiger charge is 2.11. The summed E-state index contributed by atoms with van der Waals surface area (Å²) in [5.74, 6) is -0.844. The molecule has 4 nitrogen and oxygen atoms in total. The second-order valence-corrected chi connectivity index (χ2v) is 5.12. The highest BCUT2D eigenvalue weighted by molar-refractivity contribution is 14.1. The Labute approximate surface area is 124 Å². The molecule has 0 spiro atoms. The van der Waals surface area contributed by atoms with E-state index >= 15 is 0 Å². The highest BCUT2D eigenvalue weighted by Crippen LogP contribution is 2.16. The third-order valence-electron chi connectivity index (χ3n) is 2.55. The minimum absolute atomic E-state index is 0.273. The van der Waals surface area contributed by atoms with E-state index in [-0.39, 0.29) is 5.91 Å². The van der Waals surface area contributed by atoms with Gasteiger partial charge in [0.2, 0.25) is 0 Å². The lowest BCUT2D eigenvalue weighted by Gasteiger charge is -2.08. The summed E-state index contributed by atoms with van der Waals surface area (Å²) in [5, 5.41) is 2.69. The molecule has 2 rings (SSSR count). The molecule has 2 aromatic carbocycles. The van der Waals surface area contributed by atoms with Crippen molar-refractivity contribution in [3.05, 3.63) is 63.2 Å². The summed E-state index contributed by atoms with van der Waals surface area (Å²) in [6.07, 6.45) is 0. The van der Waals surface area contributed by atoms with Gasteiger partial charge in [-0.1, -0.05) is 12.1 Å². The summed E-state index contributed by atoms with van der Waals surface area (Å²) in [7, 11) is 0. The number of benzene rings is 2. The van der Waals surface area contributed by atoms with Crippen LogP contribution in [-0.4, -0.2) is 11.8 Å². The van der Waals surface area contributed by atoms with E-state index in [4.69, 9.17) is 5.73 Å². The maximum atomic E-state index is 12.0. The number of nitrogens with two attached hydrogens (primary N) is 1. The molecule has 0 atom stereocenters. The van der Waals surface area contributed by atoms with E-state index in [1.54, 1.807) is 36.4 Å². The van der Waals surface area contributed by atoms with Gasteiger partial charge in [-0.2, -0.15) is 0 Å². The zero-order valence-electron chi connectivity index (χ0n) is 9.89.